The highest BCUT2D eigenvalue weighted by atomic mass is 15.2. The van der Waals surface area contributed by atoms with Gasteiger partial charge in [0.25, 0.3) is 0 Å². The molecule has 2 heteroatoms. The fourth-order valence-electron chi connectivity index (χ4n) is 3.15. The number of nitrogens with one attached hydrogen (secondary N) is 1. The Balaban J connectivity index is 1.71. The minimum absolute atomic E-state index is 0.584. The zero-order valence-electron chi connectivity index (χ0n) is 10.00. The number of aryl methyl sites for hydroxylation is 1. The van der Waals surface area contributed by atoms with Crippen LogP contribution in [0.25, 0.3) is 0 Å². The van der Waals surface area contributed by atoms with Gasteiger partial charge in [-0.3, -0.25) is 0 Å². The minimum atomic E-state index is 0.584. The predicted octanol–water partition coefficient (Wildman–Crippen LogP) is 2.18. The van der Waals surface area contributed by atoms with Gasteiger partial charge in [-0.05, 0) is 37.9 Å². The van der Waals surface area contributed by atoms with Crippen molar-refractivity contribution in [3.05, 3.63) is 29.8 Å². The van der Waals surface area contributed by atoms with E-state index in [9.17, 15) is 0 Å². The number of rotatable bonds is 1. The molecule has 0 saturated carbocycles. The Morgan fingerprint density at radius 1 is 1.25 bits per heavy atom. The van der Waals surface area contributed by atoms with Crippen LogP contribution in [0.3, 0.4) is 0 Å². The number of benzene rings is 1. The summed E-state index contributed by atoms with van der Waals surface area (Å²) in [7, 11) is 0. The Hall–Kier alpha value is -1.02. The predicted molar refractivity (Wildman–Crippen MR) is 67.9 cm³/mol. The minimum Gasteiger partial charge on any atom is -0.370 e. The largest absolute Gasteiger partial charge is 0.370 e. The lowest BCUT2D eigenvalue weighted by molar-refractivity contribution is 0.156. The normalized spacial score (nSPS) is 23.2. The molecule has 1 aromatic rings. The fraction of sp³-hybridized carbons (Fsp3) is 0.571. The van der Waals surface area contributed by atoms with Gasteiger partial charge in [0.15, 0.2) is 0 Å². The van der Waals surface area contributed by atoms with Gasteiger partial charge in [0.05, 0.1) is 0 Å². The van der Waals surface area contributed by atoms with E-state index in [1.165, 1.54) is 50.3 Å². The zero-order valence-corrected chi connectivity index (χ0v) is 10.00. The Morgan fingerprint density at radius 3 is 2.75 bits per heavy atom. The second-order valence-corrected chi connectivity index (χ2v) is 5.42. The Bertz CT molecular complexity index is 372. The molecule has 1 spiro atoms. The molecule has 0 bridgehead atoms. The molecule has 0 radical (unpaired) electrons. The molecule has 0 unspecified atom stereocenters. The molecule has 86 valence electrons. The first kappa shape index (κ1) is 10.2. The Kier molecular flexibility index (Phi) is 2.40. The standard InChI is InChI=1S/C14H20N2/c1-12-5-2-3-6-13(12)16-10-14(11-16)7-4-8-15-9-14/h2-3,5-6,15H,4,7-11H2,1H3. The summed E-state index contributed by atoms with van der Waals surface area (Å²) in [5, 5.41) is 3.54. The molecule has 1 N–H and O–H groups in total. The van der Waals surface area contributed by atoms with Crippen molar-refractivity contribution in [1.82, 2.24) is 5.32 Å². The summed E-state index contributed by atoms with van der Waals surface area (Å²) >= 11 is 0. The lowest BCUT2D eigenvalue weighted by Crippen LogP contribution is -2.62. The van der Waals surface area contributed by atoms with Gasteiger partial charge in [-0.1, -0.05) is 18.2 Å². The van der Waals surface area contributed by atoms with Crippen LogP contribution in [0.1, 0.15) is 18.4 Å². The van der Waals surface area contributed by atoms with Gasteiger partial charge in [-0.2, -0.15) is 0 Å². The van der Waals surface area contributed by atoms with E-state index in [2.05, 4.69) is 41.4 Å². The van der Waals surface area contributed by atoms with Crippen LogP contribution in [0.4, 0.5) is 5.69 Å². The van der Waals surface area contributed by atoms with Crippen molar-refractivity contribution in [2.45, 2.75) is 19.8 Å². The summed E-state index contributed by atoms with van der Waals surface area (Å²) < 4.78 is 0. The first-order chi connectivity index (χ1) is 7.79. The monoisotopic (exact) mass is 216 g/mol. The van der Waals surface area contributed by atoms with Crippen LogP contribution in [0, 0.1) is 12.3 Å². The van der Waals surface area contributed by atoms with Crippen molar-refractivity contribution in [1.29, 1.82) is 0 Å². The van der Waals surface area contributed by atoms with Crippen molar-refractivity contribution < 1.29 is 0 Å². The van der Waals surface area contributed by atoms with E-state index in [-0.39, 0.29) is 0 Å². The molecule has 2 saturated heterocycles. The first-order valence-electron chi connectivity index (χ1n) is 6.30. The highest BCUT2D eigenvalue weighted by molar-refractivity contribution is 5.55. The van der Waals surface area contributed by atoms with Crippen LogP contribution in [0.5, 0.6) is 0 Å². The Morgan fingerprint density at radius 2 is 2.06 bits per heavy atom. The first-order valence-corrected chi connectivity index (χ1v) is 6.30. The molecule has 2 heterocycles. The van der Waals surface area contributed by atoms with E-state index in [1.54, 1.807) is 0 Å². The lowest BCUT2D eigenvalue weighted by atomic mass is 9.73. The van der Waals surface area contributed by atoms with Crippen molar-refractivity contribution in [3.63, 3.8) is 0 Å². The quantitative estimate of drug-likeness (QED) is 0.774. The zero-order chi connectivity index (χ0) is 11.0. The third-order valence-electron chi connectivity index (χ3n) is 4.07. The fourth-order valence-corrected chi connectivity index (χ4v) is 3.15. The molecule has 0 atom stereocenters. The van der Waals surface area contributed by atoms with Gasteiger partial charge >= 0.3 is 0 Å². The number of nitrogens with zero attached hydrogens (tertiary/aromatic N) is 1. The summed E-state index contributed by atoms with van der Waals surface area (Å²) in [5.74, 6) is 0. The molecule has 0 aliphatic carbocycles. The molecule has 16 heavy (non-hydrogen) atoms. The van der Waals surface area contributed by atoms with E-state index in [0.717, 1.165) is 0 Å². The number of hydrogen-bond acceptors (Lipinski definition) is 2. The van der Waals surface area contributed by atoms with Crippen LogP contribution >= 0.6 is 0 Å². The van der Waals surface area contributed by atoms with Crippen LogP contribution in [-0.4, -0.2) is 26.2 Å². The number of hydrogen-bond donors (Lipinski definition) is 1. The molecular weight excluding hydrogens is 196 g/mol. The molecule has 2 fully saturated rings. The highest BCUT2D eigenvalue weighted by Gasteiger charge is 2.43. The molecule has 1 aromatic carbocycles. The SMILES string of the molecule is Cc1ccccc1N1CC2(CCCNC2)C1. The second-order valence-electron chi connectivity index (χ2n) is 5.42. The summed E-state index contributed by atoms with van der Waals surface area (Å²) in [6.45, 7) is 7.12. The van der Waals surface area contributed by atoms with E-state index < -0.39 is 0 Å². The van der Waals surface area contributed by atoms with Crippen LogP contribution in [-0.2, 0) is 0 Å². The highest BCUT2D eigenvalue weighted by Crippen LogP contribution is 2.39. The maximum Gasteiger partial charge on any atom is 0.0396 e. The second kappa shape index (κ2) is 3.77. The number of para-hydroxylation sites is 1. The Labute approximate surface area is 97.6 Å². The molecule has 0 aromatic heterocycles. The maximum atomic E-state index is 3.54. The van der Waals surface area contributed by atoms with Gasteiger partial charge in [-0.15, -0.1) is 0 Å². The van der Waals surface area contributed by atoms with E-state index in [0.29, 0.717) is 5.41 Å². The van der Waals surface area contributed by atoms with Crippen molar-refractivity contribution in [3.8, 4) is 0 Å². The molecule has 2 aliphatic rings. The average molecular weight is 216 g/mol. The van der Waals surface area contributed by atoms with Gasteiger partial charge in [0.2, 0.25) is 0 Å². The van der Waals surface area contributed by atoms with E-state index in [4.69, 9.17) is 0 Å². The summed E-state index contributed by atoms with van der Waals surface area (Å²) in [5.41, 5.74) is 3.42. The summed E-state index contributed by atoms with van der Waals surface area (Å²) in [6, 6.07) is 8.72. The lowest BCUT2D eigenvalue weighted by Gasteiger charge is -2.54. The average Bonchev–Trinajstić information content (AvgIpc) is 2.28. The molecular formula is C14H20N2. The van der Waals surface area contributed by atoms with Crippen LogP contribution in [0.2, 0.25) is 0 Å². The smallest absolute Gasteiger partial charge is 0.0396 e. The van der Waals surface area contributed by atoms with Gasteiger partial charge in [-0.25, -0.2) is 0 Å². The summed E-state index contributed by atoms with van der Waals surface area (Å²) in [4.78, 5) is 2.53. The van der Waals surface area contributed by atoms with Crippen molar-refractivity contribution in [2.75, 3.05) is 31.1 Å². The third-order valence-corrected chi connectivity index (χ3v) is 4.07. The molecule has 0 amide bonds. The number of anilines is 1. The van der Waals surface area contributed by atoms with Crippen molar-refractivity contribution >= 4 is 5.69 Å². The topological polar surface area (TPSA) is 15.3 Å². The molecule has 2 aliphatic heterocycles. The van der Waals surface area contributed by atoms with Gasteiger partial charge in [0.1, 0.15) is 0 Å². The molecule has 2 nitrogen and oxygen atoms in total. The van der Waals surface area contributed by atoms with Gasteiger partial charge < -0.3 is 10.2 Å². The molecule has 3 rings (SSSR count). The third kappa shape index (κ3) is 1.61. The van der Waals surface area contributed by atoms with E-state index >= 15 is 0 Å². The van der Waals surface area contributed by atoms with Crippen LogP contribution in [0.15, 0.2) is 24.3 Å². The van der Waals surface area contributed by atoms with Crippen molar-refractivity contribution in [2.24, 2.45) is 5.41 Å². The van der Waals surface area contributed by atoms with Crippen LogP contribution < -0.4 is 10.2 Å². The van der Waals surface area contributed by atoms with Gasteiger partial charge in [0, 0.05) is 30.7 Å². The maximum absolute atomic E-state index is 3.54. The number of piperidine rings is 1. The van der Waals surface area contributed by atoms with E-state index in [1.807, 2.05) is 0 Å². The summed E-state index contributed by atoms with van der Waals surface area (Å²) in [6.07, 6.45) is 2.75.